The normalized spacial score (nSPS) is 11.1. The zero-order valence-corrected chi connectivity index (χ0v) is 10.8. The largest absolute Gasteiger partial charge is 0.479 e. The Hall–Kier alpha value is -0.290. The molecule has 2 nitrogen and oxygen atoms in total. The summed E-state index contributed by atoms with van der Waals surface area (Å²) < 4.78 is 6.46. The fourth-order valence-electron chi connectivity index (χ4n) is 0.865. The molecule has 0 heterocycles. The molecule has 14 heavy (non-hydrogen) atoms. The summed E-state index contributed by atoms with van der Waals surface area (Å²) in [6.07, 6.45) is 0.751. The monoisotopic (exact) mass is 324 g/mol. The summed E-state index contributed by atoms with van der Waals surface area (Å²) in [4.78, 5) is 10.6. The molecule has 0 aromatic heterocycles. The second-order valence-corrected chi connectivity index (χ2v) is 5.05. The molecule has 0 saturated heterocycles. The van der Waals surface area contributed by atoms with E-state index in [9.17, 15) is 4.79 Å². The van der Waals surface area contributed by atoms with Crippen molar-refractivity contribution in [3.8, 4) is 5.75 Å². The van der Waals surface area contributed by atoms with Crippen molar-refractivity contribution < 1.29 is 9.53 Å². The number of halogens is 2. The Morgan fingerprint density at radius 1 is 1.50 bits per heavy atom. The van der Waals surface area contributed by atoms with E-state index in [2.05, 4.69) is 22.6 Å². The highest BCUT2D eigenvalue weighted by Crippen LogP contribution is 2.28. The maximum atomic E-state index is 10.6. The van der Waals surface area contributed by atoms with Crippen LogP contribution in [0.2, 0.25) is 5.02 Å². The first kappa shape index (κ1) is 11.8. The summed E-state index contributed by atoms with van der Waals surface area (Å²) >= 11 is 8.11. The third-order valence-electron chi connectivity index (χ3n) is 1.55. The molecular formula is C10H10ClIO2. The van der Waals surface area contributed by atoms with E-state index in [1.54, 1.807) is 26.0 Å². The zero-order chi connectivity index (χ0) is 10.8. The van der Waals surface area contributed by atoms with Crippen LogP contribution >= 0.6 is 34.2 Å². The lowest BCUT2D eigenvalue weighted by molar-refractivity contribution is -0.118. The average Bonchev–Trinajstić information content (AvgIpc) is 2.10. The molecule has 1 aromatic rings. The highest BCUT2D eigenvalue weighted by Gasteiger charge is 2.19. The van der Waals surface area contributed by atoms with Crippen LogP contribution in [0.5, 0.6) is 5.75 Å². The summed E-state index contributed by atoms with van der Waals surface area (Å²) in [6, 6.07) is 5.43. The van der Waals surface area contributed by atoms with Gasteiger partial charge in [-0.1, -0.05) is 11.6 Å². The summed E-state index contributed by atoms with van der Waals surface area (Å²) in [5.74, 6) is 0.532. The van der Waals surface area contributed by atoms with Gasteiger partial charge in [-0.15, -0.1) is 0 Å². The number of carbonyl (C=O) groups excluding carboxylic acids is 1. The molecule has 76 valence electrons. The lowest BCUT2D eigenvalue weighted by Gasteiger charge is -2.20. The van der Waals surface area contributed by atoms with Crippen molar-refractivity contribution in [3.63, 3.8) is 0 Å². The van der Waals surface area contributed by atoms with E-state index in [4.69, 9.17) is 16.3 Å². The first-order valence-corrected chi connectivity index (χ1v) is 5.51. The maximum absolute atomic E-state index is 10.6. The van der Waals surface area contributed by atoms with Gasteiger partial charge in [-0.25, -0.2) is 0 Å². The van der Waals surface area contributed by atoms with E-state index in [1.165, 1.54) is 0 Å². The van der Waals surface area contributed by atoms with Crippen LogP contribution in [0.3, 0.4) is 0 Å². The van der Waals surface area contributed by atoms with Crippen LogP contribution in [0.15, 0.2) is 18.2 Å². The number of aldehydes is 1. The Labute approximate surface area is 102 Å². The second-order valence-electron chi connectivity index (χ2n) is 3.40. The predicted octanol–water partition coefficient (Wildman–Crippen LogP) is 3.30. The van der Waals surface area contributed by atoms with Crippen LogP contribution < -0.4 is 4.74 Å². The SMILES string of the molecule is CC(C)(C=O)Oc1ccc(I)cc1Cl. The van der Waals surface area contributed by atoms with Crippen molar-refractivity contribution in [3.05, 3.63) is 26.8 Å². The Kier molecular flexibility index (Phi) is 3.78. The van der Waals surface area contributed by atoms with Gasteiger partial charge in [0.25, 0.3) is 0 Å². The Bertz CT molecular complexity index is 350. The first-order chi connectivity index (χ1) is 6.44. The van der Waals surface area contributed by atoms with Crippen LogP contribution in [-0.4, -0.2) is 11.9 Å². The van der Waals surface area contributed by atoms with Gasteiger partial charge in [-0.05, 0) is 54.6 Å². The number of hydrogen-bond acceptors (Lipinski definition) is 2. The summed E-state index contributed by atoms with van der Waals surface area (Å²) in [5.41, 5.74) is -0.837. The molecule has 0 N–H and O–H groups in total. The van der Waals surface area contributed by atoms with Gasteiger partial charge in [0, 0.05) is 3.57 Å². The van der Waals surface area contributed by atoms with Gasteiger partial charge in [0.1, 0.15) is 5.75 Å². The minimum Gasteiger partial charge on any atom is -0.479 e. The van der Waals surface area contributed by atoms with Crippen LogP contribution in [0.25, 0.3) is 0 Å². The van der Waals surface area contributed by atoms with Crippen LogP contribution in [-0.2, 0) is 4.79 Å². The van der Waals surface area contributed by atoms with Crippen molar-refractivity contribution in [1.82, 2.24) is 0 Å². The molecule has 0 spiro atoms. The van der Waals surface area contributed by atoms with E-state index in [-0.39, 0.29) is 0 Å². The van der Waals surface area contributed by atoms with Gasteiger partial charge in [0.15, 0.2) is 11.9 Å². The van der Waals surface area contributed by atoms with E-state index in [1.807, 2.05) is 6.07 Å². The Balaban J connectivity index is 2.92. The topological polar surface area (TPSA) is 26.3 Å². The lowest BCUT2D eigenvalue weighted by Crippen LogP contribution is -2.29. The molecule has 0 unspecified atom stereocenters. The smallest absolute Gasteiger partial charge is 0.162 e. The number of rotatable bonds is 3. The van der Waals surface area contributed by atoms with Gasteiger partial charge < -0.3 is 4.74 Å². The molecule has 0 aliphatic carbocycles. The second kappa shape index (κ2) is 4.49. The molecule has 0 aliphatic heterocycles. The number of hydrogen-bond donors (Lipinski definition) is 0. The van der Waals surface area contributed by atoms with Crippen molar-refractivity contribution in [2.45, 2.75) is 19.4 Å². The number of ether oxygens (including phenoxy) is 1. The van der Waals surface area contributed by atoms with E-state index in [0.717, 1.165) is 9.86 Å². The molecule has 0 atom stereocenters. The molecule has 1 aromatic carbocycles. The third kappa shape index (κ3) is 3.13. The third-order valence-corrected chi connectivity index (χ3v) is 2.52. The predicted molar refractivity (Wildman–Crippen MR) is 64.9 cm³/mol. The summed E-state index contributed by atoms with van der Waals surface area (Å²) in [7, 11) is 0. The fourth-order valence-corrected chi connectivity index (χ4v) is 1.76. The Morgan fingerprint density at radius 2 is 2.14 bits per heavy atom. The van der Waals surface area contributed by atoms with E-state index >= 15 is 0 Å². The van der Waals surface area contributed by atoms with Crippen molar-refractivity contribution in [1.29, 1.82) is 0 Å². The van der Waals surface area contributed by atoms with Crippen molar-refractivity contribution >= 4 is 40.5 Å². The quantitative estimate of drug-likeness (QED) is 0.630. The molecule has 0 saturated carbocycles. The highest BCUT2D eigenvalue weighted by atomic mass is 127. The van der Waals surface area contributed by atoms with E-state index < -0.39 is 5.60 Å². The summed E-state index contributed by atoms with van der Waals surface area (Å²) in [6.45, 7) is 3.38. The number of carbonyl (C=O) groups is 1. The minimum absolute atomic E-state index is 0.520. The van der Waals surface area contributed by atoms with Crippen LogP contribution in [0, 0.1) is 3.57 Å². The van der Waals surface area contributed by atoms with Crippen LogP contribution in [0.1, 0.15) is 13.8 Å². The van der Waals surface area contributed by atoms with Crippen LogP contribution in [0.4, 0.5) is 0 Å². The molecule has 0 radical (unpaired) electrons. The van der Waals surface area contributed by atoms with Crippen molar-refractivity contribution in [2.24, 2.45) is 0 Å². The Morgan fingerprint density at radius 3 is 2.64 bits per heavy atom. The van der Waals surface area contributed by atoms with E-state index in [0.29, 0.717) is 10.8 Å². The van der Waals surface area contributed by atoms with Gasteiger partial charge in [0.2, 0.25) is 0 Å². The minimum atomic E-state index is -0.837. The fraction of sp³-hybridized carbons (Fsp3) is 0.300. The van der Waals surface area contributed by atoms with Gasteiger partial charge in [-0.3, -0.25) is 4.79 Å². The van der Waals surface area contributed by atoms with Gasteiger partial charge in [0.05, 0.1) is 5.02 Å². The average molecular weight is 325 g/mol. The van der Waals surface area contributed by atoms with Gasteiger partial charge >= 0.3 is 0 Å². The maximum Gasteiger partial charge on any atom is 0.162 e. The standard InChI is InChI=1S/C10H10ClIO2/c1-10(2,6-13)14-9-4-3-7(12)5-8(9)11/h3-6H,1-2H3. The molecule has 1 rings (SSSR count). The zero-order valence-electron chi connectivity index (χ0n) is 7.88. The molecule has 0 fully saturated rings. The molecular weight excluding hydrogens is 314 g/mol. The first-order valence-electron chi connectivity index (χ1n) is 4.05. The molecule has 0 aliphatic rings. The molecule has 0 amide bonds. The lowest BCUT2D eigenvalue weighted by atomic mass is 10.2. The number of benzene rings is 1. The summed E-state index contributed by atoms with van der Waals surface area (Å²) in [5, 5.41) is 0.520. The van der Waals surface area contributed by atoms with Crippen molar-refractivity contribution in [2.75, 3.05) is 0 Å². The van der Waals surface area contributed by atoms with Gasteiger partial charge in [-0.2, -0.15) is 0 Å². The molecule has 4 heteroatoms. The highest BCUT2D eigenvalue weighted by molar-refractivity contribution is 14.1. The molecule has 0 bridgehead atoms.